The third-order valence-electron chi connectivity index (χ3n) is 3.51. The minimum atomic E-state index is -0.507. The summed E-state index contributed by atoms with van der Waals surface area (Å²) in [6.07, 6.45) is 3.46. The Morgan fingerprint density at radius 3 is 2.20 bits per heavy atom. The van der Waals surface area contributed by atoms with Crippen molar-refractivity contribution in [2.24, 2.45) is 20.9 Å². The van der Waals surface area contributed by atoms with Gasteiger partial charge in [-0.3, -0.25) is 21.9 Å². The molecule has 0 bridgehead atoms. The van der Waals surface area contributed by atoms with Crippen LogP contribution in [0, 0.1) is 0 Å². The number of nitrogens with one attached hydrogen (secondary N) is 3. The average molecular weight is 335 g/mol. The summed E-state index contributed by atoms with van der Waals surface area (Å²) in [6.45, 7) is 0. The Labute approximate surface area is 146 Å². The van der Waals surface area contributed by atoms with E-state index in [1.165, 1.54) is 0 Å². The van der Waals surface area contributed by atoms with Crippen LogP contribution in [0.25, 0.3) is 0 Å². The molecule has 25 heavy (non-hydrogen) atoms. The second kappa shape index (κ2) is 8.72. The van der Waals surface area contributed by atoms with Gasteiger partial charge in [-0.05, 0) is 11.1 Å². The summed E-state index contributed by atoms with van der Waals surface area (Å²) in [4.78, 5) is 4.30. The van der Waals surface area contributed by atoms with Gasteiger partial charge in [-0.1, -0.05) is 60.7 Å². The van der Waals surface area contributed by atoms with Crippen molar-refractivity contribution in [2.45, 2.75) is 18.9 Å². The van der Waals surface area contributed by atoms with E-state index in [0.29, 0.717) is 12.3 Å². The monoisotopic (exact) mass is 335 g/mol. The molecule has 2 aromatic carbocycles. The lowest BCUT2D eigenvalue weighted by atomic mass is 10.2. The Bertz CT molecular complexity index is 741. The Hall–Kier alpha value is -3.03. The van der Waals surface area contributed by atoms with Gasteiger partial charge in [-0.2, -0.15) is 10.2 Å². The Morgan fingerprint density at radius 1 is 0.960 bits per heavy atom. The number of hydrogen-bond donors (Lipinski definition) is 4. The summed E-state index contributed by atoms with van der Waals surface area (Å²) in [6, 6.07) is 19.7. The quantitative estimate of drug-likeness (QED) is 0.487. The van der Waals surface area contributed by atoms with E-state index in [4.69, 9.17) is 5.73 Å². The summed E-state index contributed by atoms with van der Waals surface area (Å²) in [5.74, 6) is 0.700. The molecule has 0 saturated heterocycles. The SMILES string of the molecule is NC1N=C(N/N=C/c2ccccc2)CC(N/N=C/c2ccccc2)N1. The molecule has 0 fully saturated rings. The number of aliphatic imine (C=N–C) groups is 1. The Morgan fingerprint density at radius 2 is 1.56 bits per heavy atom. The molecule has 2 unspecified atom stereocenters. The fraction of sp³-hybridized carbons (Fsp3) is 0.167. The standard InChI is InChI=1S/C18H21N7/c19-18-22-16(24-20-12-14-7-3-1-4-8-14)11-17(23-18)25-21-13-15-9-5-2-6-10-15/h1-10,12-13,16,18,22,24H,11,19H2,(H,23,25)/b20-12+,21-13+. The first-order chi connectivity index (χ1) is 12.3. The van der Waals surface area contributed by atoms with Crippen molar-refractivity contribution in [3.05, 3.63) is 71.8 Å². The minimum absolute atomic E-state index is 0.123. The van der Waals surface area contributed by atoms with E-state index in [1.807, 2.05) is 60.7 Å². The smallest absolute Gasteiger partial charge is 0.154 e. The van der Waals surface area contributed by atoms with Crippen LogP contribution < -0.4 is 21.9 Å². The highest BCUT2D eigenvalue weighted by atomic mass is 15.4. The maximum absolute atomic E-state index is 5.90. The predicted octanol–water partition coefficient (Wildman–Crippen LogP) is 1.19. The lowest BCUT2D eigenvalue weighted by Gasteiger charge is -2.26. The largest absolute Gasteiger partial charge is 0.297 e. The van der Waals surface area contributed by atoms with Gasteiger partial charge in [0.1, 0.15) is 12.0 Å². The molecule has 2 aromatic rings. The highest BCUT2D eigenvalue weighted by Crippen LogP contribution is 2.01. The fourth-order valence-corrected chi connectivity index (χ4v) is 2.33. The van der Waals surface area contributed by atoms with E-state index in [2.05, 4.69) is 31.4 Å². The molecular formula is C18H21N7. The van der Waals surface area contributed by atoms with Gasteiger partial charge in [0.05, 0.1) is 12.4 Å². The van der Waals surface area contributed by atoms with Crippen LogP contribution in [0.5, 0.6) is 0 Å². The normalized spacial score (nSPS) is 20.6. The molecule has 5 N–H and O–H groups in total. The van der Waals surface area contributed by atoms with E-state index in [-0.39, 0.29) is 6.17 Å². The summed E-state index contributed by atoms with van der Waals surface area (Å²) in [7, 11) is 0. The maximum atomic E-state index is 5.90. The predicted molar refractivity (Wildman–Crippen MR) is 101 cm³/mol. The van der Waals surface area contributed by atoms with Crippen LogP contribution in [0.2, 0.25) is 0 Å². The number of hydrogen-bond acceptors (Lipinski definition) is 7. The number of nitrogens with zero attached hydrogens (tertiary/aromatic N) is 3. The highest BCUT2D eigenvalue weighted by molar-refractivity contribution is 5.86. The molecule has 1 aliphatic rings. The topological polar surface area (TPSA) is 99.2 Å². The molecule has 128 valence electrons. The molecule has 0 aliphatic carbocycles. The van der Waals surface area contributed by atoms with Crippen LogP contribution in [0.4, 0.5) is 0 Å². The fourth-order valence-electron chi connectivity index (χ4n) is 2.33. The number of rotatable bonds is 5. The van der Waals surface area contributed by atoms with Gasteiger partial charge < -0.3 is 0 Å². The van der Waals surface area contributed by atoms with E-state index < -0.39 is 6.29 Å². The number of hydrazone groups is 2. The Kier molecular flexibility index (Phi) is 5.86. The van der Waals surface area contributed by atoms with Crippen molar-refractivity contribution in [3.63, 3.8) is 0 Å². The molecule has 0 amide bonds. The number of benzene rings is 2. The molecular weight excluding hydrogens is 314 g/mol. The van der Waals surface area contributed by atoms with Crippen LogP contribution in [0.1, 0.15) is 17.5 Å². The van der Waals surface area contributed by atoms with E-state index in [1.54, 1.807) is 12.4 Å². The van der Waals surface area contributed by atoms with E-state index in [9.17, 15) is 0 Å². The van der Waals surface area contributed by atoms with Crippen molar-refractivity contribution in [1.82, 2.24) is 16.2 Å². The summed E-state index contributed by atoms with van der Waals surface area (Å²) < 4.78 is 0. The Balaban J connectivity index is 1.52. The van der Waals surface area contributed by atoms with Crippen LogP contribution in [0.3, 0.4) is 0 Å². The minimum Gasteiger partial charge on any atom is -0.297 e. The van der Waals surface area contributed by atoms with Crippen molar-refractivity contribution < 1.29 is 0 Å². The lowest BCUT2D eigenvalue weighted by Crippen LogP contribution is -2.54. The van der Waals surface area contributed by atoms with Crippen LogP contribution in [0.15, 0.2) is 75.9 Å². The molecule has 1 heterocycles. The molecule has 3 rings (SSSR count). The molecule has 7 heteroatoms. The zero-order valence-corrected chi connectivity index (χ0v) is 13.7. The van der Waals surface area contributed by atoms with Crippen molar-refractivity contribution >= 4 is 18.3 Å². The zero-order valence-electron chi connectivity index (χ0n) is 13.7. The number of amidine groups is 1. The van der Waals surface area contributed by atoms with Crippen molar-refractivity contribution in [2.75, 3.05) is 0 Å². The van der Waals surface area contributed by atoms with Gasteiger partial charge in [-0.15, -0.1) is 0 Å². The van der Waals surface area contributed by atoms with E-state index in [0.717, 1.165) is 11.1 Å². The molecule has 0 radical (unpaired) electrons. The first kappa shape index (κ1) is 16.8. The van der Waals surface area contributed by atoms with Gasteiger partial charge in [0.15, 0.2) is 6.29 Å². The first-order valence-electron chi connectivity index (χ1n) is 8.06. The summed E-state index contributed by atoms with van der Waals surface area (Å²) >= 11 is 0. The number of nitrogens with two attached hydrogens (primary N) is 1. The molecule has 2 atom stereocenters. The van der Waals surface area contributed by atoms with Gasteiger partial charge in [0.25, 0.3) is 0 Å². The zero-order chi connectivity index (χ0) is 17.3. The second-order valence-electron chi connectivity index (χ2n) is 5.52. The summed E-state index contributed by atoms with van der Waals surface area (Å²) in [5, 5.41) is 11.6. The molecule has 1 aliphatic heterocycles. The maximum Gasteiger partial charge on any atom is 0.154 e. The van der Waals surface area contributed by atoms with Gasteiger partial charge in [0.2, 0.25) is 0 Å². The molecule has 7 nitrogen and oxygen atoms in total. The molecule has 0 spiro atoms. The molecule has 0 saturated carbocycles. The van der Waals surface area contributed by atoms with Crippen LogP contribution in [-0.2, 0) is 0 Å². The van der Waals surface area contributed by atoms with Crippen LogP contribution >= 0.6 is 0 Å². The van der Waals surface area contributed by atoms with E-state index >= 15 is 0 Å². The summed E-state index contributed by atoms with van der Waals surface area (Å²) in [5.41, 5.74) is 13.9. The third kappa shape index (κ3) is 5.52. The van der Waals surface area contributed by atoms with Gasteiger partial charge in [-0.25, -0.2) is 4.99 Å². The molecule has 0 aromatic heterocycles. The van der Waals surface area contributed by atoms with Gasteiger partial charge >= 0.3 is 0 Å². The van der Waals surface area contributed by atoms with Gasteiger partial charge in [0, 0.05) is 6.42 Å². The third-order valence-corrected chi connectivity index (χ3v) is 3.51. The first-order valence-corrected chi connectivity index (χ1v) is 8.06. The van der Waals surface area contributed by atoms with Crippen molar-refractivity contribution in [1.29, 1.82) is 0 Å². The highest BCUT2D eigenvalue weighted by Gasteiger charge is 2.19. The lowest BCUT2D eigenvalue weighted by molar-refractivity contribution is 0.372. The van der Waals surface area contributed by atoms with Crippen LogP contribution in [-0.4, -0.2) is 30.7 Å². The van der Waals surface area contributed by atoms with Crippen molar-refractivity contribution in [3.8, 4) is 0 Å². The second-order valence-corrected chi connectivity index (χ2v) is 5.52. The average Bonchev–Trinajstić information content (AvgIpc) is 2.63.